The first-order valence-corrected chi connectivity index (χ1v) is 12.2. The lowest BCUT2D eigenvalue weighted by Crippen LogP contribution is -2.15. The number of aryl methyl sites for hydroxylation is 1. The molecule has 0 atom stereocenters. The van der Waals surface area contributed by atoms with Crippen molar-refractivity contribution < 1.29 is 17.2 Å². The van der Waals surface area contributed by atoms with Crippen LogP contribution in [-0.4, -0.2) is 25.0 Å². The predicted molar refractivity (Wildman–Crippen MR) is 110 cm³/mol. The van der Waals surface area contributed by atoms with Crippen molar-refractivity contribution in [2.45, 2.75) is 29.6 Å². The standard InChI is InChI=1S/C21H22O4S2/c1-16-7-10-19(11-8-16)27(23,24)25-26(13-2-3-14-26)21-6-4-5-17-15-18(22)9-12-20(17)21/h4-12,15,22H,2-3,13-14H2,1H3. The molecule has 1 N–H and O–H groups in total. The molecule has 0 aromatic heterocycles. The first-order valence-electron chi connectivity index (χ1n) is 8.93. The van der Waals surface area contributed by atoms with E-state index in [0.29, 0.717) is 0 Å². The van der Waals surface area contributed by atoms with Crippen molar-refractivity contribution >= 4 is 31.2 Å². The number of phenols is 1. The predicted octanol–water partition coefficient (Wildman–Crippen LogP) is 5.13. The Hall–Kier alpha value is -2.02. The summed E-state index contributed by atoms with van der Waals surface area (Å²) in [6, 6.07) is 17.8. The maximum atomic E-state index is 13.0. The Kier molecular flexibility index (Phi) is 4.66. The molecule has 0 bridgehead atoms. The van der Waals surface area contributed by atoms with Gasteiger partial charge >= 0.3 is 10.1 Å². The number of aromatic hydroxyl groups is 1. The van der Waals surface area contributed by atoms with Crippen LogP contribution in [-0.2, 0) is 13.7 Å². The molecule has 0 saturated carbocycles. The Morgan fingerprint density at radius 2 is 1.67 bits per heavy atom. The number of fused-ring (bicyclic) bond motifs is 1. The summed E-state index contributed by atoms with van der Waals surface area (Å²) in [4.78, 5) is 1.15. The van der Waals surface area contributed by atoms with Gasteiger partial charge in [0.1, 0.15) is 5.75 Å². The van der Waals surface area contributed by atoms with Gasteiger partial charge in [-0.05, 0) is 66.9 Å². The molecule has 4 nitrogen and oxygen atoms in total. The zero-order valence-electron chi connectivity index (χ0n) is 15.1. The van der Waals surface area contributed by atoms with Gasteiger partial charge in [0, 0.05) is 16.4 Å². The molecule has 0 aliphatic carbocycles. The van der Waals surface area contributed by atoms with Gasteiger partial charge in [-0.3, -0.25) is 0 Å². The molecular formula is C21H22O4S2. The highest BCUT2D eigenvalue weighted by Crippen LogP contribution is 2.64. The summed E-state index contributed by atoms with van der Waals surface area (Å²) in [5.74, 6) is 1.67. The fraction of sp³-hybridized carbons (Fsp3) is 0.238. The third-order valence-corrected chi connectivity index (χ3v) is 10.6. The lowest BCUT2D eigenvalue weighted by Gasteiger charge is -2.35. The molecule has 0 unspecified atom stereocenters. The van der Waals surface area contributed by atoms with Crippen molar-refractivity contribution in [2.75, 3.05) is 11.5 Å². The molecule has 1 heterocycles. The van der Waals surface area contributed by atoms with E-state index in [1.807, 2.05) is 31.2 Å². The number of hydrogen-bond donors (Lipinski definition) is 1. The molecule has 0 spiro atoms. The molecule has 3 aromatic rings. The fourth-order valence-corrected chi connectivity index (χ4v) is 9.47. The fourth-order valence-electron chi connectivity index (χ4n) is 3.58. The molecule has 1 fully saturated rings. The number of hydrogen-bond acceptors (Lipinski definition) is 4. The molecular weight excluding hydrogens is 380 g/mol. The highest BCUT2D eigenvalue weighted by molar-refractivity contribution is 8.33. The van der Waals surface area contributed by atoms with Gasteiger partial charge in [-0.1, -0.05) is 40.1 Å². The van der Waals surface area contributed by atoms with E-state index in [1.54, 1.807) is 36.4 Å². The smallest absolute Gasteiger partial charge is 0.306 e. The van der Waals surface area contributed by atoms with Gasteiger partial charge in [0.2, 0.25) is 0 Å². The lowest BCUT2D eigenvalue weighted by atomic mass is 10.1. The number of benzene rings is 3. The molecule has 142 valence electrons. The summed E-state index contributed by atoms with van der Waals surface area (Å²) in [5.41, 5.74) is 1.01. The largest absolute Gasteiger partial charge is 0.508 e. The first kappa shape index (κ1) is 18.3. The van der Waals surface area contributed by atoms with E-state index < -0.39 is 20.4 Å². The van der Waals surface area contributed by atoms with Crippen LogP contribution in [0.1, 0.15) is 18.4 Å². The highest BCUT2D eigenvalue weighted by Gasteiger charge is 2.38. The van der Waals surface area contributed by atoms with Crippen LogP contribution >= 0.6 is 10.3 Å². The van der Waals surface area contributed by atoms with E-state index in [4.69, 9.17) is 3.63 Å². The van der Waals surface area contributed by atoms with E-state index in [1.165, 1.54) is 0 Å². The summed E-state index contributed by atoms with van der Waals surface area (Å²) in [6.07, 6.45) is 1.90. The zero-order chi connectivity index (χ0) is 19.1. The summed E-state index contributed by atoms with van der Waals surface area (Å²) in [5, 5.41) is 11.6. The van der Waals surface area contributed by atoms with Crippen LogP contribution < -0.4 is 0 Å². The molecule has 1 aliphatic rings. The van der Waals surface area contributed by atoms with Crippen LogP contribution in [0.25, 0.3) is 10.8 Å². The SMILES string of the molecule is Cc1ccc(S(=O)(=O)OS2(c3cccc4cc(O)ccc34)CCCC2)cc1. The maximum Gasteiger partial charge on any atom is 0.306 e. The van der Waals surface area contributed by atoms with Gasteiger partial charge in [-0.15, -0.1) is 0 Å². The van der Waals surface area contributed by atoms with Crippen LogP contribution in [0.4, 0.5) is 0 Å². The van der Waals surface area contributed by atoms with Crippen molar-refractivity contribution in [1.29, 1.82) is 0 Å². The van der Waals surface area contributed by atoms with Crippen LogP contribution in [0.2, 0.25) is 0 Å². The lowest BCUT2D eigenvalue weighted by molar-refractivity contribution is 0.476. The minimum Gasteiger partial charge on any atom is -0.508 e. The quantitative estimate of drug-likeness (QED) is 0.657. The minimum atomic E-state index is -3.86. The molecule has 27 heavy (non-hydrogen) atoms. The van der Waals surface area contributed by atoms with Crippen molar-refractivity contribution in [1.82, 2.24) is 0 Å². The van der Waals surface area contributed by atoms with Crippen LogP contribution in [0.15, 0.2) is 70.5 Å². The Balaban J connectivity index is 1.82. The van der Waals surface area contributed by atoms with E-state index in [9.17, 15) is 13.5 Å². The first-order chi connectivity index (χ1) is 12.9. The molecule has 0 radical (unpaired) electrons. The van der Waals surface area contributed by atoms with Crippen molar-refractivity contribution in [2.24, 2.45) is 0 Å². The van der Waals surface area contributed by atoms with E-state index in [0.717, 1.165) is 45.6 Å². The van der Waals surface area contributed by atoms with Gasteiger partial charge in [0.05, 0.1) is 4.90 Å². The van der Waals surface area contributed by atoms with E-state index >= 15 is 0 Å². The van der Waals surface area contributed by atoms with Crippen LogP contribution in [0, 0.1) is 6.92 Å². The highest BCUT2D eigenvalue weighted by atomic mass is 32.3. The number of phenolic OH excluding ortho intramolecular Hbond substituents is 1. The van der Waals surface area contributed by atoms with Gasteiger partial charge in [0.25, 0.3) is 0 Å². The Labute approximate surface area is 161 Å². The monoisotopic (exact) mass is 402 g/mol. The Morgan fingerprint density at radius 1 is 0.963 bits per heavy atom. The minimum absolute atomic E-state index is 0.198. The average Bonchev–Trinajstić information content (AvgIpc) is 3.10. The summed E-state index contributed by atoms with van der Waals surface area (Å²) >= 11 is 0. The molecule has 1 aliphatic heterocycles. The third-order valence-electron chi connectivity index (χ3n) is 4.95. The summed E-state index contributed by atoms with van der Waals surface area (Å²) < 4.78 is 32.1. The van der Waals surface area contributed by atoms with Crippen molar-refractivity contribution in [3.8, 4) is 5.75 Å². The zero-order valence-corrected chi connectivity index (χ0v) is 16.7. The second-order valence-corrected chi connectivity index (χ2v) is 11.7. The maximum absolute atomic E-state index is 13.0. The molecule has 0 amide bonds. The average molecular weight is 403 g/mol. The molecule has 4 rings (SSSR count). The molecule has 3 aromatic carbocycles. The van der Waals surface area contributed by atoms with Gasteiger partial charge < -0.3 is 5.11 Å². The van der Waals surface area contributed by atoms with Gasteiger partial charge in [0.15, 0.2) is 0 Å². The summed E-state index contributed by atoms with van der Waals surface area (Å²) in [7, 11) is -5.82. The summed E-state index contributed by atoms with van der Waals surface area (Å²) in [6.45, 7) is 1.92. The second kappa shape index (κ2) is 6.86. The Bertz CT molecular complexity index is 1080. The van der Waals surface area contributed by atoms with Crippen molar-refractivity contribution in [3.05, 3.63) is 66.2 Å². The van der Waals surface area contributed by atoms with E-state index in [-0.39, 0.29) is 10.6 Å². The van der Waals surface area contributed by atoms with E-state index in [2.05, 4.69) is 0 Å². The third kappa shape index (κ3) is 3.45. The molecule has 1 saturated heterocycles. The normalized spacial score (nSPS) is 17.8. The van der Waals surface area contributed by atoms with Gasteiger partial charge in [-0.25, -0.2) is 3.63 Å². The molecule has 6 heteroatoms. The Morgan fingerprint density at radius 3 is 2.37 bits per heavy atom. The number of rotatable bonds is 4. The second-order valence-electron chi connectivity index (χ2n) is 6.92. The van der Waals surface area contributed by atoms with Crippen LogP contribution in [0.5, 0.6) is 5.75 Å². The van der Waals surface area contributed by atoms with Gasteiger partial charge in [-0.2, -0.15) is 8.42 Å². The van der Waals surface area contributed by atoms with Crippen molar-refractivity contribution in [3.63, 3.8) is 0 Å². The van der Waals surface area contributed by atoms with Crippen LogP contribution in [0.3, 0.4) is 0 Å². The topological polar surface area (TPSA) is 63.6 Å².